The predicted molar refractivity (Wildman–Crippen MR) is 71.2 cm³/mol. The first-order valence-electron chi connectivity index (χ1n) is 5.79. The number of guanidine groups is 1. The maximum Gasteiger partial charge on any atom is 0.266 e. The maximum atomic E-state index is 13.1. The molecule has 1 aromatic carbocycles. The molecule has 0 radical (unpaired) electrons. The normalized spacial score (nSPS) is 26.6. The van der Waals surface area contributed by atoms with Gasteiger partial charge in [0.2, 0.25) is 5.96 Å². The van der Waals surface area contributed by atoms with Crippen LogP contribution in [0.4, 0.5) is 10.1 Å². The number of anilines is 1. The minimum absolute atomic E-state index is 0. The van der Waals surface area contributed by atoms with Crippen molar-refractivity contribution in [3.63, 3.8) is 0 Å². The summed E-state index contributed by atoms with van der Waals surface area (Å²) in [5.74, 6) is -0.454. The van der Waals surface area contributed by atoms with Crippen molar-refractivity contribution >= 4 is 21.7 Å². The molecule has 0 spiro atoms. The molecule has 0 amide bonds. The molecular formula is C11H16FN3O3S. The van der Waals surface area contributed by atoms with Gasteiger partial charge < -0.3 is 10.1 Å². The Balaban J connectivity index is 0.00000110. The lowest BCUT2D eigenvalue weighted by atomic mass is 10.3. The number of sulfonamides is 1. The molecule has 0 aliphatic carbocycles. The SMILES string of the molecule is O=S1(=O)NC(=N[C@@H]2CCOC2)Nc2ccc(F)cc21.[HH].[HH]. The Morgan fingerprint density at radius 3 is 3.05 bits per heavy atom. The van der Waals surface area contributed by atoms with Crippen LogP contribution in [0.5, 0.6) is 0 Å². The summed E-state index contributed by atoms with van der Waals surface area (Å²) in [4.78, 5) is 4.13. The second-order valence-electron chi connectivity index (χ2n) is 4.37. The highest BCUT2D eigenvalue weighted by Gasteiger charge is 2.28. The number of halogens is 1. The van der Waals surface area contributed by atoms with Crippen LogP contribution >= 0.6 is 0 Å². The first-order valence-corrected chi connectivity index (χ1v) is 7.28. The van der Waals surface area contributed by atoms with Crippen molar-refractivity contribution in [2.24, 2.45) is 4.99 Å². The quantitative estimate of drug-likeness (QED) is 0.813. The average Bonchev–Trinajstić information content (AvgIpc) is 2.82. The van der Waals surface area contributed by atoms with Crippen molar-refractivity contribution in [1.29, 1.82) is 0 Å². The molecule has 2 heterocycles. The fraction of sp³-hybridized carbons (Fsp3) is 0.364. The molecule has 3 rings (SSSR count). The summed E-state index contributed by atoms with van der Waals surface area (Å²) < 4.78 is 44.5. The molecule has 1 saturated heterocycles. The van der Waals surface area contributed by atoms with E-state index < -0.39 is 15.8 Å². The molecule has 1 aromatic rings. The van der Waals surface area contributed by atoms with Gasteiger partial charge in [-0.3, -0.25) is 0 Å². The summed E-state index contributed by atoms with van der Waals surface area (Å²) in [7, 11) is -3.78. The monoisotopic (exact) mass is 289 g/mol. The van der Waals surface area contributed by atoms with Gasteiger partial charge in [0.25, 0.3) is 10.0 Å². The van der Waals surface area contributed by atoms with Gasteiger partial charge in [0.1, 0.15) is 10.7 Å². The lowest BCUT2D eigenvalue weighted by Crippen LogP contribution is -2.41. The number of benzene rings is 1. The van der Waals surface area contributed by atoms with E-state index >= 15 is 0 Å². The molecule has 8 heteroatoms. The minimum Gasteiger partial charge on any atom is -0.379 e. The number of hydrogen-bond acceptors (Lipinski definition) is 4. The molecule has 0 bridgehead atoms. The van der Waals surface area contributed by atoms with Crippen molar-refractivity contribution in [1.82, 2.24) is 4.72 Å². The van der Waals surface area contributed by atoms with E-state index in [2.05, 4.69) is 15.0 Å². The summed E-state index contributed by atoms with van der Waals surface area (Å²) in [5.41, 5.74) is 0.317. The molecule has 2 N–H and O–H groups in total. The van der Waals surface area contributed by atoms with Gasteiger partial charge in [0.15, 0.2) is 0 Å². The largest absolute Gasteiger partial charge is 0.379 e. The van der Waals surface area contributed by atoms with Crippen LogP contribution in [-0.4, -0.2) is 33.6 Å². The number of rotatable bonds is 1. The van der Waals surface area contributed by atoms with Crippen molar-refractivity contribution in [2.45, 2.75) is 17.4 Å². The lowest BCUT2D eigenvalue weighted by molar-refractivity contribution is 0.194. The summed E-state index contributed by atoms with van der Waals surface area (Å²) in [6.45, 7) is 1.10. The zero-order chi connectivity index (χ0) is 13.5. The molecule has 2 aliphatic heterocycles. The zero-order valence-electron chi connectivity index (χ0n) is 9.89. The fourth-order valence-corrected chi connectivity index (χ4v) is 3.17. The van der Waals surface area contributed by atoms with Gasteiger partial charge in [0, 0.05) is 9.46 Å². The Labute approximate surface area is 112 Å². The van der Waals surface area contributed by atoms with Crippen LogP contribution in [-0.2, 0) is 14.8 Å². The lowest BCUT2D eigenvalue weighted by Gasteiger charge is -2.22. The molecule has 1 fully saturated rings. The summed E-state index contributed by atoms with van der Waals surface area (Å²) in [6, 6.07) is 3.49. The Kier molecular flexibility index (Phi) is 2.90. The maximum absolute atomic E-state index is 13.1. The van der Waals surface area contributed by atoms with Crippen LogP contribution in [0.1, 0.15) is 9.27 Å². The Bertz CT molecular complexity index is 648. The molecule has 2 aliphatic rings. The van der Waals surface area contributed by atoms with Crippen LogP contribution < -0.4 is 10.0 Å². The molecule has 0 aromatic heterocycles. The summed E-state index contributed by atoms with van der Waals surface area (Å²) in [6.07, 6.45) is 0.753. The van der Waals surface area contributed by atoms with Gasteiger partial charge in [-0.1, -0.05) is 0 Å². The highest BCUT2D eigenvalue weighted by molar-refractivity contribution is 7.90. The second-order valence-corrected chi connectivity index (χ2v) is 6.02. The van der Waals surface area contributed by atoms with E-state index in [1.54, 1.807) is 0 Å². The number of nitrogens with zero attached hydrogens (tertiary/aromatic N) is 1. The zero-order valence-corrected chi connectivity index (χ0v) is 10.7. The van der Waals surface area contributed by atoms with Crippen molar-refractivity contribution < 1.29 is 20.4 Å². The van der Waals surface area contributed by atoms with Gasteiger partial charge in [-0.25, -0.2) is 22.5 Å². The molecule has 6 nitrogen and oxygen atoms in total. The minimum atomic E-state index is -3.78. The molecule has 0 unspecified atom stereocenters. The van der Waals surface area contributed by atoms with Crippen LogP contribution in [0.25, 0.3) is 0 Å². The number of ether oxygens (including phenoxy) is 1. The number of nitrogens with one attached hydrogen (secondary N) is 2. The van der Waals surface area contributed by atoms with Crippen molar-refractivity contribution in [3.8, 4) is 0 Å². The van der Waals surface area contributed by atoms with E-state index in [9.17, 15) is 12.8 Å². The highest BCUT2D eigenvalue weighted by atomic mass is 32.2. The third kappa shape index (κ3) is 2.41. The van der Waals surface area contributed by atoms with Crippen LogP contribution in [0.15, 0.2) is 28.1 Å². The summed E-state index contributed by atoms with van der Waals surface area (Å²) >= 11 is 0. The highest BCUT2D eigenvalue weighted by Crippen LogP contribution is 2.25. The number of fused-ring (bicyclic) bond motifs is 1. The first-order chi connectivity index (χ1) is 9.04. The Hall–Kier alpha value is -1.67. The van der Waals surface area contributed by atoms with E-state index in [-0.39, 0.29) is 19.8 Å². The van der Waals surface area contributed by atoms with Gasteiger partial charge in [-0.2, -0.15) is 0 Å². The Morgan fingerprint density at radius 2 is 2.32 bits per heavy atom. The molecule has 1 atom stereocenters. The van der Waals surface area contributed by atoms with E-state index in [0.29, 0.717) is 18.9 Å². The van der Waals surface area contributed by atoms with Crippen molar-refractivity contribution in [2.75, 3.05) is 18.5 Å². The van der Waals surface area contributed by atoms with Crippen LogP contribution in [0.3, 0.4) is 0 Å². The molecular weight excluding hydrogens is 273 g/mol. The van der Waals surface area contributed by atoms with E-state index in [1.807, 2.05) is 0 Å². The summed E-state index contributed by atoms with van der Waals surface area (Å²) in [5, 5.41) is 2.84. The predicted octanol–water partition coefficient (Wildman–Crippen LogP) is 1.17. The second kappa shape index (κ2) is 4.46. The molecule has 106 valence electrons. The standard InChI is InChI=1S/C11H12FN3O3S.2H2/c12-7-1-2-9-10(5-7)19(16,17)15-11(14-9)13-8-3-4-18-6-8;;/h1-2,5,8H,3-4,6H2,(H2,13,14,15);2*1H/t8-;;/m1../s1. The van der Waals surface area contributed by atoms with Gasteiger partial charge in [0.05, 0.1) is 18.3 Å². The van der Waals surface area contributed by atoms with Gasteiger partial charge in [-0.15, -0.1) is 0 Å². The van der Waals surface area contributed by atoms with Crippen LogP contribution in [0, 0.1) is 5.82 Å². The molecule has 19 heavy (non-hydrogen) atoms. The van der Waals surface area contributed by atoms with Gasteiger partial charge in [-0.05, 0) is 24.6 Å². The third-order valence-electron chi connectivity index (χ3n) is 2.93. The third-order valence-corrected chi connectivity index (χ3v) is 4.31. The topological polar surface area (TPSA) is 79.8 Å². The number of aliphatic imine (C=N–C) groups is 1. The smallest absolute Gasteiger partial charge is 0.266 e. The number of hydrogen-bond donors (Lipinski definition) is 2. The van der Waals surface area contributed by atoms with E-state index in [0.717, 1.165) is 12.5 Å². The molecule has 0 saturated carbocycles. The first kappa shape index (κ1) is 12.4. The average molecular weight is 289 g/mol. The fourth-order valence-electron chi connectivity index (χ4n) is 2.02. The van der Waals surface area contributed by atoms with Crippen molar-refractivity contribution in [3.05, 3.63) is 24.0 Å². The van der Waals surface area contributed by atoms with E-state index in [1.165, 1.54) is 12.1 Å². The van der Waals surface area contributed by atoms with E-state index in [4.69, 9.17) is 4.74 Å². The van der Waals surface area contributed by atoms with Gasteiger partial charge >= 0.3 is 0 Å². The van der Waals surface area contributed by atoms with Crippen LogP contribution in [0.2, 0.25) is 0 Å². The Morgan fingerprint density at radius 1 is 1.47 bits per heavy atom.